The first-order chi connectivity index (χ1) is 15.7. The molecule has 3 aromatic carbocycles. The Morgan fingerprint density at radius 2 is 1.45 bits per heavy atom. The lowest BCUT2D eigenvalue weighted by molar-refractivity contribution is 0.0469. The second-order valence-corrected chi connectivity index (χ2v) is 8.71. The van der Waals surface area contributed by atoms with Crippen molar-refractivity contribution in [3.8, 4) is 5.75 Å². The molecule has 3 aromatic rings. The molecule has 6 nitrogen and oxygen atoms in total. The Balaban J connectivity index is 1.81. The predicted molar refractivity (Wildman–Crippen MR) is 126 cm³/mol. The van der Waals surface area contributed by atoms with Crippen molar-refractivity contribution in [3.05, 3.63) is 101 Å². The molecule has 1 unspecified atom stereocenters. The second-order valence-electron chi connectivity index (χ2n) is 8.71. The van der Waals surface area contributed by atoms with E-state index in [1.54, 1.807) is 66.7 Å². The maximum absolute atomic E-state index is 12.6. The van der Waals surface area contributed by atoms with Crippen LogP contribution in [0.25, 0.3) is 0 Å². The van der Waals surface area contributed by atoms with Crippen LogP contribution in [0.4, 0.5) is 0 Å². The lowest BCUT2D eigenvalue weighted by atomic mass is 10.0. The van der Waals surface area contributed by atoms with Crippen LogP contribution in [0.5, 0.6) is 5.75 Å². The number of benzene rings is 3. The Labute approximate surface area is 194 Å². The fourth-order valence-electron chi connectivity index (χ4n) is 3.07. The van der Waals surface area contributed by atoms with E-state index in [0.717, 1.165) is 0 Å². The first-order valence-corrected chi connectivity index (χ1v) is 10.8. The number of carbonyl (C=O) groups excluding carboxylic acids is 2. The number of β-amino-alcohol motifs (C(OH)–C–C–N with tert-alkyl or cyclic N) is 1. The Hall–Kier alpha value is -3.48. The molecule has 0 bridgehead atoms. The molecule has 0 fully saturated rings. The molecule has 0 heterocycles. The molecule has 0 aromatic heterocycles. The summed E-state index contributed by atoms with van der Waals surface area (Å²) in [7, 11) is 0. The first kappa shape index (κ1) is 24.2. The van der Waals surface area contributed by atoms with Crippen LogP contribution in [0.2, 0.25) is 0 Å². The lowest BCUT2D eigenvalue weighted by Gasteiger charge is -2.23. The highest BCUT2D eigenvalue weighted by molar-refractivity contribution is 5.91. The maximum atomic E-state index is 12.6. The van der Waals surface area contributed by atoms with E-state index in [2.05, 4.69) is 5.32 Å². The molecule has 33 heavy (non-hydrogen) atoms. The Morgan fingerprint density at radius 1 is 0.879 bits per heavy atom. The molecule has 0 saturated carbocycles. The first-order valence-electron chi connectivity index (χ1n) is 10.8. The molecule has 3 rings (SSSR count). The van der Waals surface area contributed by atoms with Gasteiger partial charge in [0.2, 0.25) is 0 Å². The summed E-state index contributed by atoms with van der Waals surface area (Å²) in [5.41, 5.74) is 1.78. The number of ether oxygens (including phenoxy) is 2. The topological polar surface area (TPSA) is 84.9 Å². The number of nitrogens with one attached hydrogen (secondary N) is 1. The standard InChI is InChI=1S/C27H29NO5/c1-27(2,3)28-17-23(29)21-14-15-24(33-26(31)20-12-8-5-9-13-20)22(16-21)18-32-25(30)19-10-6-4-7-11-19/h4-16,23,28-29H,17-18H2,1-3H3. The molecule has 0 spiro atoms. The van der Waals surface area contributed by atoms with Gasteiger partial charge in [-0.25, -0.2) is 9.59 Å². The van der Waals surface area contributed by atoms with Gasteiger partial charge < -0.3 is 19.9 Å². The fourth-order valence-corrected chi connectivity index (χ4v) is 3.07. The van der Waals surface area contributed by atoms with E-state index >= 15 is 0 Å². The van der Waals surface area contributed by atoms with Crippen molar-refractivity contribution in [1.29, 1.82) is 0 Å². The number of hydrogen-bond donors (Lipinski definition) is 2. The highest BCUT2D eigenvalue weighted by Crippen LogP contribution is 2.26. The number of carbonyl (C=O) groups is 2. The maximum Gasteiger partial charge on any atom is 0.343 e. The van der Waals surface area contributed by atoms with Crippen molar-refractivity contribution in [2.24, 2.45) is 0 Å². The molecular weight excluding hydrogens is 418 g/mol. The van der Waals surface area contributed by atoms with Crippen LogP contribution < -0.4 is 10.1 Å². The minimum atomic E-state index is -0.785. The van der Waals surface area contributed by atoms with E-state index < -0.39 is 18.0 Å². The fraction of sp³-hybridized carbons (Fsp3) is 0.259. The number of aliphatic hydroxyl groups is 1. The molecule has 0 saturated heterocycles. The quantitative estimate of drug-likeness (QED) is 0.385. The van der Waals surface area contributed by atoms with Gasteiger partial charge in [-0.3, -0.25) is 0 Å². The summed E-state index contributed by atoms with van der Waals surface area (Å²) < 4.78 is 11.1. The molecule has 0 aliphatic heterocycles. The van der Waals surface area contributed by atoms with E-state index in [0.29, 0.717) is 28.8 Å². The van der Waals surface area contributed by atoms with Gasteiger partial charge in [0.25, 0.3) is 0 Å². The van der Waals surface area contributed by atoms with Crippen molar-refractivity contribution >= 4 is 11.9 Å². The minimum absolute atomic E-state index is 0.113. The number of rotatable bonds is 8. The van der Waals surface area contributed by atoms with E-state index in [-0.39, 0.29) is 17.9 Å². The summed E-state index contributed by atoms with van der Waals surface area (Å²) >= 11 is 0. The van der Waals surface area contributed by atoms with Crippen LogP contribution in [-0.2, 0) is 11.3 Å². The summed E-state index contributed by atoms with van der Waals surface area (Å²) in [5.74, 6) is -0.741. The number of aliphatic hydroxyl groups excluding tert-OH is 1. The van der Waals surface area contributed by atoms with E-state index in [1.807, 2.05) is 32.9 Å². The Morgan fingerprint density at radius 3 is 2.03 bits per heavy atom. The van der Waals surface area contributed by atoms with Gasteiger partial charge in [-0.1, -0.05) is 42.5 Å². The molecule has 0 aliphatic carbocycles. The summed E-state index contributed by atoms with van der Waals surface area (Å²) in [6.45, 7) is 6.27. The van der Waals surface area contributed by atoms with Gasteiger partial charge in [-0.15, -0.1) is 0 Å². The zero-order chi connectivity index (χ0) is 23.8. The summed E-state index contributed by atoms with van der Waals surface area (Å²) in [4.78, 5) is 25.0. The second kappa shape index (κ2) is 10.9. The van der Waals surface area contributed by atoms with Gasteiger partial charge in [0.15, 0.2) is 0 Å². The SMILES string of the molecule is CC(C)(C)NCC(O)c1ccc(OC(=O)c2ccccc2)c(COC(=O)c2ccccc2)c1. The van der Waals surface area contributed by atoms with Gasteiger partial charge in [0.05, 0.1) is 17.2 Å². The molecule has 0 radical (unpaired) electrons. The van der Waals surface area contributed by atoms with Crippen molar-refractivity contribution < 1.29 is 24.2 Å². The van der Waals surface area contributed by atoms with Crippen LogP contribution in [0, 0.1) is 0 Å². The van der Waals surface area contributed by atoms with Gasteiger partial charge in [-0.2, -0.15) is 0 Å². The molecule has 0 amide bonds. The zero-order valence-electron chi connectivity index (χ0n) is 19.1. The van der Waals surface area contributed by atoms with Crippen molar-refractivity contribution in [3.63, 3.8) is 0 Å². The summed E-state index contributed by atoms with van der Waals surface area (Å²) in [5, 5.41) is 13.9. The smallest absolute Gasteiger partial charge is 0.343 e. The van der Waals surface area contributed by atoms with Gasteiger partial charge in [0, 0.05) is 17.6 Å². The highest BCUT2D eigenvalue weighted by Gasteiger charge is 2.18. The molecule has 1 atom stereocenters. The molecule has 2 N–H and O–H groups in total. The molecule has 6 heteroatoms. The third-order valence-corrected chi connectivity index (χ3v) is 4.88. The van der Waals surface area contributed by atoms with E-state index in [4.69, 9.17) is 9.47 Å². The number of hydrogen-bond acceptors (Lipinski definition) is 6. The lowest BCUT2D eigenvalue weighted by Crippen LogP contribution is -2.38. The predicted octanol–water partition coefficient (Wildman–Crippen LogP) is 4.68. The van der Waals surface area contributed by atoms with E-state index in [1.165, 1.54) is 0 Å². The van der Waals surface area contributed by atoms with E-state index in [9.17, 15) is 14.7 Å². The van der Waals surface area contributed by atoms with Crippen LogP contribution in [0.15, 0.2) is 78.9 Å². The van der Waals surface area contributed by atoms with Gasteiger partial charge >= 0.3 is 11.9 Å². The monoisotopic (exact) mass is 447 g/mol. The van der Waals surface area contributed by atoms with Crippen molar-refractivity contribution in [2.45, 2.75) is 39.0 Å². The third-order valence-electron chi connectivity index (χ3n) is 4.88. The number of esters is 2. The summed E-state index contributed by atoms with van der Waals surface area (Å²) in [6.07, 6.45) is -0.785. The summed E-state index contributed by atoms with van der Waals surface area (Å²) in [6, 6.07) is 22.3. The van der Waals surface area contributed by atoms with Crippen LogP contribution in [-0.4, -0.2) is 29.1 Å². The minimum Gasteiger partial charge on any atom is -0.457 e. The van der Waals surface area contributed by atoms with Gasteiger partial charge in [-0.05, 0) is 62.7 Å². The molecular formula is C27H29NO5. The zero-order valence-corrected chi connectivity index (χ0v) is 19.1. The van der Waals surface area contributed by atoms with Crippen LogP contribution in [0.1, 0.15) is 58.7 Å². The van der Waals surface area contributed by atoms with Gasteiger partial charge in [0.1, 0.15) is 12.4 Å². The highest BCUT2D eigenvalue weighted by atomic mass is 16.5. The Bertz CT molecular complexity index is 1070. The average molecular weight is 448 g/mol. The van der Waals surface area contributed by atoms with Crippen LogP contribution >= 0.6 is 0 Å². The largest absolute Gasteiger partial charge is 0.457 e. The van der Waals surface area contributed by atoms with Crippen molar-refractivity contribution in [1.82, 2.24) is 5.32 Å². The third kappa shape index (κ3) is 7.27. The Kier molecular flexibility index (Phi) is 7.98. The molecule has 0 aliphatic rings. The van der Waals surface area contributed by atoms with Crippen LogP contribution in [0.3, 0.4) is 0 Å². The normalized spacial score (nSPS) is 12.1. The average Bonchev–Trinajstić information content (AvgIpc) is 2.82. The molecule has 172 valence electrons. The van der Waals surface area contributed by atoms with Crippen molar-refractivity contribution in [2.75, 3.05) is 6.54 Å².